The quantitative estimate of drug-likeness (QED) is 0.463. The number of benzene rings is 1. The highest BCUT2D eigenvalue weighted by Crippen LogP contribution is 2.33. The van der Waals surface area contributed by atoms with Crippen LogP contribution < -0.4 is 5.32 Å². The minimum atomic E-state index is -1.25. The molecular formula is C24H25NO9S. The molecule has 0 fully saturated rings. The van der Waals surface area contributed by atoms with Crippen LogP contribution >= 0.6 is 11.8 Å². The number of hydrogen-bond donors (Lipinski definition) is 2. The van der Waals surface area contributed by atoms with Crippen LogP contribution in [-0.2, 0) is 33.4 Å². The molecule has 0 saturated heterocycles. The number of hydrogen-bond acceptors (Lipinski definition) is 9. The van der Waals surface area contributed by atoms with Crippen molar-refractivity contribution in [3.8, 4) is 0 Å². The molecule has 0 radical (unpaired) electrons. The fourth-order valence-electron chi connectivity index (χ4n) is 3.55. The van der Waals surface area contributed by atoms with Crippen LogP contribution in [0.2, 0.25) is 0 Å². The van der Waals surface area contributed by atoms with Crippen LogP contribution in [0.3, 0.4) is 0 Å². The molecule has 1 aromatic heterocycles. The summed E-state index contributed by atoms with van der Waals surface area (Å²) in [6.45, 7) is 4.90. The maximum atomic E-state index is 12.3. The Morgan fingerprint density at radius 1 is 1.23 bits per heavy atom. The van der Waals surface area contributed by atoms with Gasteiger partial charge in [-0.15, -0.1) is 0 Å². The number of amides is 1. The SMILES string of the molecule is CC(=O)N[C@@H](CSC(=O)CCC(=O)OC(C)c1oc2ccc(C3=CC(=O)OC3)cc2c1C)C(=O)O. The molecule has 1 amide bonds. The highest BCUT2D eigenvalue weighted by Gasteiger charge is 2.23. The van der Waals surface area contributed by atoms with Gasteiger partial charge in [-0.2, -0.15) is 0 Å². The van der Waals surface area contributed by atoms with E-state index in [4.69, 9.17) is 19.0 Å². The second-order valence-electron chi connectivity index (χ2n) is 7.99. The molecule has 1 unspecified atom stereocenters. The Kier molecular flexibility index (Phi) is 8.34. The Hall–Kier alpha value is -3.60. The van der Waals surface area contributed by atoms with Crippen molar-refractivity contribution in [3.05, 3.63) is 41.2 Å². The second-order valence-corrected chi connectivity index (χ2v) is 9.06. The van der Waals surface area contributed by atoms with Gasteiger partial charge in [-0.3, -0.25) is 14.4 Å². The first-order valence-corrected chi connectivity index (χ1v) is 11.8. The van der Waals surface area contributed by atoms with Gasteiger partial charge in [-0.05, 0) is 31.5 Å². The smallest absolute Gasteiger partial charge is 0.331 e. The number of rotatable bonds is 10. The van der Waals surface area contributed by atoms with E-state index in [-0.39, 0.29) is 36.3 Å². The van der Waals surface area contributed by atoms with Gasteiger partial charge in [0.05, 0.1) is 6.42 Å². The van der Waals surface area contributed by atoms with Crippen LogP contribution in [-0.4, -0.2) is 52.4 Å². The molecule has 0 saturated carbocycles. The molecule has 0 aliphatic carbocycles. The average molecular weight is 504 g/mol. The summed E-state index contributed by atoms with van der Waals surface area (Å²) in [5.74, 6) is -2.41. The Morgan fingerprint density at radius 3 is 2.60 bits per heavy atom. The zero-order valence-electron chi connectivity index (χ0n) is 19.4. The van der Waals surface area contributed by atoms with E-state index in [1.54, 1.807) is 13.0 Å². The van der Waals surface area contributed by atoms with Crippen molar-refractivity contribution in [2.45, 2.75) is 45.8 Å². The summed E-state index contributed by atoms with van der Waals surface area (Å²) in [5, 5.41) is 11.7. The number of fused-ring (bicyclic) bond motifs is 1. The lowest BCUT2D eigenvalue weighted by molar-refractivity contribution is -0.150. The number of aliphatic carboxylic acids is 1. The number of carbonyl (C=O) groups is 5. The summed E-state index contributed by atoms with van der Waals surface area (Å²) in [4.78, 5) is 57.8. The number of furan rings is 1. The summed E-state index contributed by atoms with van der Waals surface area (Å²) in [6.07, 6.45) is 0.428. The summed E-state index contributed by atoms with van der Waals surface area (Å²) >= 11 is 0.734. The highest BCUT2D eigenvalue weighted by molar-refractivity contribution is 8.13. The van der Waals surface area contributed by atoms with E-state index < -0.39 is 30.0 Å². The first-order valence-electron chi connectivity index (χ1n) is 10.8. The van der Waals surface area contributed by atoms with Gasteiger partial charge in [0.15, 0.2) is 11.2 Å². The molecular weight excluding hydrogens is 478 g/mol. The first-order chi connectivity index (χ1) is 16.5. The molecule has 1 aliphatic heterocycles. The van der Waals surface area contributed by atoms with E-state index in [0.29, 0.717) is 11.3 Å². The molecule has 186 valence electrons. The van der Waals surface area contributed by atoms with E-state index in [0.717, 1.165) is 33.8 Å². The van der Waals surface area contributed by atoms with Gasteiger partial charge in [0.2, 0.25) is 5.91 Å². The topological polar surface area (TPSA) is 149 Å². The molecule has 1 aromatic carbocycles. The van der Waals surface area contributed by atoms with Crippen LogP contribution in [0.5, 0.6) is 0 Å². The summed E-state index contributed by atoms with van der Waals surface area (Å²) in [6, 6.07) is 4.30. The number of carbonyl (C=O) groups excluding carboxylic acids is 4. The van der Waals surface area contributed by atoms with Gasteiger partial charge in [0, 0.05) is 41.7 Å². The number of aryl methyl sites for hydroxylation is 1. The van der Waals surface area contributed by atoms with E-state index in [9.17, 15) is 24.0 Å². The van der Waals surface area contributed by atoms with E-state index in [1.165, 1.54) is 13.0 Å². The van der Waals surface area contributed by atoms with Crippen molar-refractivity contribution in [2.75, 3.05) is 12.4 Å². The predicted octanol–water partition coefficient (Wildman–Crippen LogP) is 2.91. The van der Waals surface area contributed by atoms with Crippen LogP contribution in [0.1, 0.15) is 49.7 Å². The molecule has 2 atom stereocenters. The molecule has 11 heteroatoms. The molecule has 3 rings (SSSR count). The fourth-order valence-corrected chi connectivity index (χ4v) is 4.38. The number of carboxylic acids is 1. The molecule has 2 aromatic rings. The Morgan fingerprint density at radius 2 is 1.97 bits per heavy atom. The Balaban J connectivity index is 1.55. The zero-order chi connectivity index (χ0) is 25.7. The normalized spacial score (nSPS) is 14.7. The fraction of sp³-hybridized carbons (Fsp3) is 0.375. The van der Waals surface area contributed by atoms with Crippen LogP contribution in [0.25, 0.3) is 16.5 Å². The maximum Gasteiger partial charge on any atom is 0.331 e. The molecule has 2 N–H and O–H groups in total. The number of carboxylic acid groups (broad SMARTS) is 1. The van der Waals surface area contributed by atoms with Gasteiger partial charge >= 0.3 is 17.9 Å². The first kappa shape index (κ1) is 26.0. The standard InChI is InChI=1S/C24H25NO9S/c1-12-17-8-15(16-9-21(28)32-10-16)4-5-19(17)34-23(12)13(2)33-20(27)6-7-22(29)35-11-18(24(30)31)25-14(3)26/h4-5,8-9,13,18H,6-7,10-11H2,1-3H3,(H,25,26)(H,30,31)/t13?,18-/m0/s1. The van der Waals surface area contributed by atoms with Gasteiger partial charge in [-0.25, -0.2) is 9.59 Å². The number of thioether (sulfide) groups is 1. The van der Waals surface area contributed by atoms with Crippen molar-refractivity contribution in [3.63, 3.8) is 0 Å². The predicted molar refractivity (Wildman–Crippen MR) is 126 cm³/mol. The van der Waals surface area contributed by atoms with Gasteiger partial charge < -0.3 is 24.3 Å². The van der Waals surface area contributed by atoms with E-state index >= 15 is 0 Å². The molecule has 10 nitrogen and oxygen atoms in total. The average Bonchev–Trinajstić information content (AvgIpc) is 3.37. The summed E-state index contributed by atoms with van der Waals surface area (Å²) < 4.78 is 16.3. The third kappa shape index (κ3) is 6.72. The van der Waals surface area contributed by atoms with Gasteiger partial charge in [0.25, 0.3) is 0 Å². The van der Waals surface area contributed by atoms with Crippen molar-refractivity contribution < 1.29 is 43.0 Å². The Bertz CT molecular complexity index is 1210. The number of ether oxygens (including phenoxy) is 2. The Labute approximate surface area is 205 Å². The van der Waals surface area contributed by atoms with E-state index in [2.05, 4.69) is 5.32 Å². The second kappa shape index (κ2) is 11.2. The minimum absolute atomic E-state index is 0.138. The van der Waals surface area contributed by atoms with Crippen molar-refractivity contribution in [1.82, 2.24) is 5.32 Å². The summed E-state index contributed by atoms with van der Waals surface area (Å²) in [5.41, 5.74) is 3.00. The summed E-state index contributed by atoms with van der Waals surface area (Å²) in [7, 11) is 0. The lowest BCUT2D eigenvalue weighted by Crippen LogP contribution is -2.41. The van der Waals surface area contributed by atoms with Crippen LogP contribution in [0.15, 0.2) is 28.7 Å². The maximum absolute atomic E-state index is 12.3. The van der Waals surface area contributed by atoms with Crippen molar-refractivity contribution in [1.29, 1.82) is 0 Å². The largest absolute Gasteiger partial charge is 0.480 e. The van der Waals surface area contributed by atoms with Gasteiger partial charge in [-0.1, -0.05) is 17.8 Å². The third-order valence-electron chi connectivity index (χ3n) is 5.30. The third-order valence-corrected chi connectivity index (χ3v) is 6.33. The van der Waals surface area contributed by atoms with Crippen molar-refractivity contribution >= 4 is 57.2 Å². The van der Waals surface area contributed by atoms with Gasteiger partial charge in [0.1, 0.15) is 24.0 Å². The highest BCUT2D eigenvalue weighted by atomic mass is 32.2. The molecule has 1 aliphatic rings. The monoisotopic (exact) mass is 503 g/mol. The molecule has 2 heterocycles. The van der Waals surface area contributed by atoms with Crippen LogP contribution in [0, 0.1) is 6.92 Å². The number of cyclic esters (lactones) is 1. The molecule has 0 spiro atoms. The minimum Gasteiger partial charge on any atom is -0.480 e. The van der Waals surface area contributed by atoms with Crippen molar-refractivity contribution in [2.24, 2.45) is 0 Å². The molecule has 35 heavy (non-hydrogen) atoms. The zero-order valence-corrected chi connectivity index (χ0v) is 20.2. The molecule has 0 bridgehead atoms. The number of nitrogens with one attached hydrogen (secondary N) is 1. The van der Waals surface area contributed by atoms with Crippen LogP contribution in [0.4, 0.5) is 0 Å². The van der Waals surface area contributed by atoms with E-state index in [1.807, 2.05) is 19.1 Å². The lowest BCUT2D eigenvalue weighted by atomic mass is 10.0. The number of esters is 2. The lowest BCUT2D eigenvalue weighted by Gasteiger charge is -2.13.